The van der Waals surface area contributed by atoms with Gasteiger partial charge in [-0.25, -0.2) is 4.79 Å². The molecule has 34 heavy (non-hydrogen) atoms. The van der Waals surface area contributed by atoms with Crippen molar-refractivity contribution in [2.24, 2.45) is 0 Å². The first-order chi connectivity index (χ1) is 16.4. The summed E-state index contributed by atoms with van der Waals surface area (Å²) in [4.78, 5) is 24.4. The largest absolute Gasteiger partial charge is 0.508 e. The van der Waals surface area contributed by atoms with Crippen molar-refractivity contribution in [3.63, 3.8) is 0 Å². The molecule has 2 aliphatic heterocycles. The fourth-order valence-electron chi connectivity index (χ4n) is 4.15. The summed E-state index contributed by atoms with van der Waals surface area (Å²) in [5, 5.41) is 23.8. The summed E-state index contributed by atoms with van der Waals surface area (Å²) < 4.78 is 28.8. The van der Waals surface area contributed by atoms with E-state index in [1.807, 2.05) is 30.3 Å². The van der Waals surface area contributed by atoms with E-state index in [1.54, 1.807) is 6.07 Å². The third-order valence-electron chi connectivity index (χ3n) is 5.74. The fraction of sp³-hybridized carbons (Fsp3) is 0.333. The Kier molecular flexibility index (Phi) is 5.96. The molecule has 2 saturated heterocycles. The number of hydrogen-bond donors (Lipinski definition) is 3. The van der Waals surface area contributed by atoms with Crippen molar-refractivity contribution in [2.45, 2.75) is 43.9 Å². The highest BCUT2D eigenvalue weighted by atomic mass is 16.7. The van der Waals surface area contributed by atoms with Crippen LogP contribution in [0.3, 0.4) is 0 Å². The molecule has 3 heterocycles. The number of carbonyl (C=O) groups is 1. The maximum Gasteiger partial charge on any atom is 0.379 e. The molecule has 2 aromatic carbocycles. The van der Waals surface area contributed by atoms with Crippen LogP contribution in [0.15, 0.2) is 63.8 Å². The van der Waals surface area contributed by atoms with Gasteiger partial charge in [-0.2, -0.15) is 0 Å². The average Bonchev–Trinajstić information content (AvgIpc) is 2.82. The second-order valence-electron chi connectivity index (χ2n) is 8.17. The maximum absolute atomic E-state index is 12.5. The van der Waals surface area contributed by atoms with E-state index < -0.39 is 48.5 Å². The van der Waals surface area contributed by atoms with Crippen LogP contribution in [0.5, 0.6) is 11.5 Å². The van der Waals surface area contributed by atoms with Gasteiger partial charge in [0.15, 0.2) is 6.29 Å². The molecule has 3 N–H and O–H groups in total. The number of amides is 1. The number of carbonyl (C=O) groups excluding carboxylic acids is 1. The molecule has 2 fully saturated rings. The number of hydrogen-bond acceptors (Lipinski definition) is 9. The average molecular weight is 469 g/mol. The minimum atomic E-state index is -1.22. The van der Waals surface area contributed by atoms with Crippen molar-refractivity contribution < 1.29 is 38.4 Å². The standard InChI is InChI=1S/C24H23NO9/c1-12(26)25-19-20(28)21-18(11-30-23(34-21)13-5-3-2-4-6-13)33-24(19)32-17-9-14-7-8-15(27)10-16(14)31-22(17)29/h2-10,18-21,23-24,27-28H,11H2,1H3,(H,25,26)/t18-,19-,20-,21-,23?,24?/m1/s1. The van der Waals surface area contributed by atoms with Gasteiger partial charge in [0.1, 0.15) is 35.7 Å². The topological polar surface area (TPSA) is 137 Å². The van der Waals surface area contributed by atoms with E-state index in [-0.39, 0.29) is 23.7 Å². The number of ether oxygens (including phenoxy) is 4. The maximum atomic E-state index is 12.5. The Labute approximate surface area is 193 Å². The molecule has 0 spiro atoms. The SMILES string of the molecule is CC(=O)N[C@H]1C(Oc2cc3ccc(O)cc3oc2=O)O[C@@H]2COC(c3ccccc3)O[C@H]2[C@@H]1O. The van der Waals surface area contributed by atoms with Crippen molar-refractivity contribution in [3.05, 3.63) is 70.6 Å². The summed E-state index contributed by atoms with van der Waals surface area (Å²) in [6, 6.07) is 14.0. The lowest BCUT2D eigenvalue weighted by Crippen LogP contribution is -2.67. The molecule has 5 rings (SSSR count). The van der Waals surface area contributed by atoms with Crippen molar-refractivity contribution in [2.75, 3.05) is 6.61 Å². The quantitative estimate of drug-likeness (QED) is 0.487. The summed E-state index contributed by atoms with van der Waals surface area (Å²) >= 11 is 0. The number of aromatic hydroxyl groups is 1. The van der Waals surface area contributed by atoms with Gasteiger partial charge in [0, 0.05) is 23.9 Å². The monoisotopic (exact) mass is 469 g/mol. The van der Waals surface area contributed by atoms with Crippen LogP contribution in [0.4, 0.5) is 0 Å². The smallest absolute Gasteiger partial charge is 0.379 e. The number of phenolic OH excluding ortho intramolecular Hbond substituents is 1. The predicted molar refractivity (Wildman–Crippen MR) is 117 cm³/mol. The van der Waals surface area contributed by atoms with Gasteiger partial charge in [-0.1, -0.05) is 30.3 Å². The van der Waals surface area contributed by atoms with Gasteiger partial charge in [0.2, 0.25) is 17.9 Å². The number of phenols is 1. The molecule has 6 atom stereocenters. The summed E-state index contributed by atoms with van der Waals surface area (Å²) in [5.74, 6) is -0.651. The van der Waals surface area contributed by atoms with Gasteiger partial charge >= 0.3 is 5.63 Å². The van der Waals surface area contributed by atoms with E-state index in [9.17, 15) is 19.8 Å². The third kappa shape index (κ3) is 4.36. The highest BCUT2D eigenvalue weighted by Crippen LogP contribution is 2.35. The minimum absolute atomic E-state index is 0.0501. The molecule has 2 aliphatic rings. The third-order valence-corrected chi connectivity index (χ3v) is 5.74. The number of aliphatic hydroxyl groups excluding tert-OH is 1. The molecule has 0 saturated carbocycles. The summed E-state index contributed by atoms with van der Waals surface area (Å²) in [7, 11) is 0. The Balaban J connectivity index is 1.40. The molecule has 0 radical (unpaired) electrons. The molecule has 2 unspecified atom stereocenters. The summed E-state index contributed by atoms with van der Waals surface area (Å²) in [6.45, 7) is 1.39. The van der Waals surface area contributed by atoms with Crippen LogP contribution < -0.4 is 15.7 Å². The Morgan fingerprint density at radius 3 is 2.68 bits per heavy atom. The minimum Gasteiger partial charge on any atom is -0.508 e. The molecule has 178 valence electrons. The van der Waals surface area contributed by atoms with E-state index in [0.29, 0.717) is 5.39 Å². The lowest BCUT2D eigenvalue weighted by molar-refractivity contribution is -0.333. The summed E-state index contributed by atoms with van der Waals surface area (Å²) in [6.07, 6.45) is -4.67. The molecule has 0 aliphatic carbocycles. The lowest BCUT2D eigenvalue weighted by Gasteiger charge is -2.47. The lowest BCUT2D eigenvalue weighted by atomic mass is 9.95. The molecule has 0 bridgehead atoms. The number of rotatable bonds is 4. The number of fused-ring (bicyclic) bond motifs is 2. The normalized spacial score (nSPS) is 28.8. The van der Waals surface area contributed by atoms with Gasteiger partial charge in [-0.3, -0.25) is 4.79 Å². The summed E-state index contributed by atoms with van der Waals surface area (Å²) in [5.41, 5.74) is 0.157. The highest BCUT2D eigenvalue weighted by molar-refractivity contribution is 5.79. The number of benzene rings is 2. The molecule has 1 aromatic heterocycles. The zero-order chi connectivity index (χ0) is 23.8. The van der Waals surface area contributed by atoms with Gasteiger partial charge in [-0.15, -0.1) is 0 Å². The van der Waals surface area contributed by atoms with Crippen LogP contribution in [0.1, 0.15) is 18.8 Å². The van der Waals surface area contributed by atoms with Crippen LogP contribution in [0.25, 0.3) is 11.0 Å². The van der Waals surface area contributed by atoms with Crippen LogP contribution in [-0.2, 0) is 19.0 Å². The fourth-order valence-corrected chi connectivity index (χ4v) is 4.15. The molecule has 3 aromatic rings. The van der Waals surface area contributed by atoms with Gasteiger partial charge in [-0.05, 0) is 18.2 Å². The van der Waals surface area contributed by atoms with E-state index >= 15 is 0 Å². The molecular formula is C24H23NO9. The first kappa shape index (κ1) is 22.4. The van der Waals surface area contributed by atoms with E-state index in [2.05, 4.69) is 5.32 Å². The van der Waals surface area contributed by atoms with Gasteiger partial charge < -0.3 is 38.9 Å². The number of aliphatic hydroxyl groups is 1. The molecule has 1 amide bonds. The zero-order valence-corrected chi connectivity index (χ0v) is 18.1. The van der Waals surface area contributed by atoms with E-state index in [4.69, 9.17) is 23.4 Å². The Hall–Kier alpha value is -3.44. The van der Waals surface area contributed by atoms with Crippen molar-refractivity contribution in [1.82, 2.24) is 5.32 Å². The first-order valence-electron chi connectivity index (χ1n) is 10.8. The van der Waals surface area contributed by atoms with E-state index in [1.165, 1.54) is 25.1 Å². The molecule has 10 heteroatoms. The van der Waals surface area contributed by atoms with Crippen molar-refractivity contribution in [3.8, 4) is 11.5 Å². The predicted octanol–water partition coefficient (Wildman–Crippen LogP) is 1.58. The Morgan fingerprint density at radius 2 is 1.91 bits per heavy atom. The second-order valence-corrected chi connectivity index (χ2v) is 8.17. The van der Waals surface area contributed by atoms with Crippen LogP contribution in [0.2, 0.25) is 0 Å². The number of nitrogens with one attached hydrogen (secondary N) is 1. The van der Waals surface area contributed by atoms with Crippen molar-refractivity contribution >= 4 is 16.9 Å². The Bertz CT molecular complexity index is 1240. The van der Waals surface area contributed by atoms with Crippen LogP contribution in [0, 0.1) is 0 Å². The Morgan fingerprint density at radius 1 is 1.12 bits per heavy atom. The first-order valence-corrected chi connectivity index (χ1v) is 10.8. The molecular weight excluding hydrogens is 446 g/mol. The second kappa shape index (κ2) is 9.07. The van der Waals surface area contributed by atoms with Gasteiger partial charge in [0.25, 0.3) is 0 Å². The zero-order valence-electron chi connectivity index (χ0n) is 18.1. The van der Waals surface area contributed by atoms with Crippen molar-refractivity contribution in [1.29, 1.82) is 0 Å². The van der Waals surface area contributed by atoms with Gasteiger partial charge in [0.05, 0.1) is 6.61 Å². The highest BCUT2D eigenvalue weighted by Gasteiger charge is 2.51. The van der Waals surface area contributed by atoms with Crippen LogP contribution >= 0.6 is 0 Å². The molecule has 10 nitrogen and oxygen atoms in total. The van der Waals surface area contributed by atoms with E-state index in [0.717, 1.165) is 5.56 Å². The van der Waals surface area contributed by atoms with Crippen LogP contribution in [-0.4, -0.2) is 53.4 Å².